The highest BCUT2D eigenvalue weighted by Gasteiger charge is 2.34. The number of thioether (sulfide) groups is 1. The molecule has 0 saturated heterocycles. The van der Waals surface area contributed by atoms with Crippen molar-refractivity contribution in [2.24, 2.45) is 4.99 Å². The Kier molecular flexibility index (Phi) is 9.64. The van der Waals surface area contributed by atoms with Gasteiger partial charge in [0, 0.05) is 18.1 Å². The fourth-order valence-electron chi connectivity index (χ4n) is 2.73. The molecule has 1 aromatic rings. The summed E-state index contributed by atoms with van der Waals surface area (Å²) in [4.78, 5) is 28.9. The minimum absolute atomic E-state index is 0.106. The minimum Gasteiger partial charge on any atom is -0.506 e. The molecule has 0 spiro atoms. The smallest absolute Gasteiger partial charge is 0.344 e. The number of aliphatic hydroxyl groups is 1. The van der Waals surface area contributed by atoms with Gasteiger partial charge in [-0.05, 0) is 55.3 Å². The number of carbonyl (C=O) groups excluding carboxylic acids is 2. The number of amides is 1. The van der Waals surface area contributed by atoms with E-state index in [4.69, 9.17) is 14.2 Å². The summed E-state index contributed by atoms with van der Waals surface area (Å²) in [5, 5.41) is 10.9. The number of nitrogens with zero attached hydrogens (tertiary/aromatic N) is 1. The predicted molar refractivity (Wildman–Crippen MR) is 126 cm³/mol. The normalized spacial score (nSPS) is 16.2. The highest BCUT2D eigenvalue weighted by Crippen LogP contribution is 2.42. The number of esters is 1. The molecule has 7 nitrogen and oxygen atoms in total. The average Bonchev–Trinajstić information content (AvgIpc) is 3.00. The van der Waals surface area contributed by atoms with E-state index < -0.39 is 5.97 Å². The minimum atomic E-state index is -0.725. The van der Waals surface area contributed by atoms with E-state index in [-0.39, 0.29) is 35.3 Å². The Bertz CT molecular complexity index is 938. The maximum atomic E-state index is 12.4. The van der Waals surface area contributed by atoms with Gasteiger partial charge in [0.25, 0.3) is 0 Å². The average molecular weight is 512 g/mol. The van der Waals surface area contributed by atoms with Crippen molar-refractivity contribution >= 4 is 50.7 Å². The van der Waals surface area contributed by atoms with Crippen LogP contribution in [0.3, 0.4) is 0 Å². The highest BCUT2D eigenvalue weighted by molar-refractivity contribution is 9.10. The van der Waals surface area contributed by atoms with E-state index in [0.717, 1.165) is 11.8 Å². The first-order valence-corrected chi connectivity index (χ1v) is 11.7. The van der Waals surface area contributed by atoms with E-state index in [0.29, 0.717) is 46.1 Å². The second-order valence-electron chi connectivity index (χ2n) is 6.30. The van der Waals surface area contributed by atoms with Crippen LogP contribution in [-0.4, -0.2) is 41.8 Å². The molecule has 0 atom stereocenters. The third-order valence-corrected chi connectivity index (χ3v) is 5.65. The molecular weight excluding hydrogens is 486 g/mol. The molecule has 1 aromatic carbocycles. The van der Waals surface area contributed by atoms with E-state index >= 15 is 0 Å². The highest BCUT2D eigenvalue weighted by atomic mass is 79.9. The fourth-order valence-corrected chi connectivity index (χ4v) is 4.22. The number of halogens is 1. The van der Waals surface area contributed by atoms with Crippen molar-refractivity contribution in [3.05, 3.63) is 38.4 Å². The maximum Gasteiger partial charge on any atom is 0.344 e. The van der Waals surface area contributed by atoms with Crippen molar-refractivity contribution in [2.75, 3.05) is 19.8 Å². The second kappa shape index (κ2) is 12.0. The van der Waals surface area contributed by atoms with Crippen LogP contribution in [0, 0.1) is 0 Å². The number of benzene rings is 1. The molecule has 0 unspecified atom stereocenters. The molecule has 0 bridgehead atoms. The summed E-state index contributed by atoms with van der Waals surface area (Å²) in [6.45, 7) is 8.35. The van der Waals surface area contributed by atoms with Gasteiger partial charge in [-0.15, -0.1) is 0 Å². The Morgan fingerprint density at radius 1 is 1.10 bits per heavy atom. The van der Waals surface area contributed by atoms with Gasteiger partial charge in [-0.25, -0.2) is 9.79 Å². The van der Waals surface area contributed by atoms with Gasteiger partial charge in [0.05, 0.1) is 29.2 Å². The van der Waals surface area contributed by atoms with Crippen LogP contribution >= 0.6 is 27.7 Å². The molecule has 31 heavy (non-hydrogen) atoms. The van der Waals surface area contributed by atoms with Crippen LogP contribution in [0.25, 0.3) is 6.08 Å². The van der Waals surface area contributed by atoms with Gasteiger partial charge in [0.1, 0.15) is 27.9 Å². The number of aliphatic imine (C=N–C) groups is 1. The van der Waals surface area contributed by atoms with Crippen molar-refractivity contribution in [3.8, 4) is 11.5 Å². The summed E-state index contributed by atoms with van der Waals surface area (Å²) in [7, 11) is 0. The van der Waals surface area contributed by atoms with Gasteiger partial charge in [-0.1, -0.05) is 18.7 Å². The molecule has 0 radical (unpaired) electrons. The van der Waals surface area contributed by atoms with Gasteiger partial charge in [0.2, 0.25) is 5.91 Å². The third kappa shape index (κ3) is 6.36. The van der Waals surface area contributed by atoms with Crippen LogP contribution in [0.5, 0.6) is 11.5 Å². The third-order valence-electron chi connectivity index (χ3n) is 4.01. The first-order valence-electron chi connectivity index (χ1n) is 10.1. The van der Waals surface area contributed by atoms with Crippen molar-refractivity contribution in [1.82, 2.24) is 0 Å². The predicted octanol–water partition coefficient (Wildman–Crippen LogP) is 5.43. The van der Waals surface area contributed by atoms with Gasteiger partial charge in [-0.3, -0.25) is 4.79 Å². The molecule has 1 heterocycles. The summed E-state index contributed by atoms with van der Waals surface area (Å²) >= 11 is 4.52. The van der Waals surface area contributed by atoms with Crippen molar-refractivity contribution in [2.45, 2.75) is 40.5 Å². The topological polar surface area (TPSA) is 94.4 Å². The molecule has 0 fully saturated rings. The molecule has 1 aliphatic rings. The second-order valence-corrected chi connectivity index (χ2v) is 8.19. The molecule has 0 saturated carbocycles. The van der Waals surface area contributed by atoms with Gasteiger partial charge >= 0.3 is 5.97 Å². The Labute approximate surface area is 194 Å². The van der Waals surface area contributed by atoms with E-state index in [1.165, 1.54) is 0 Å². The molecule has 9 heteroatoms. The van der Waals surface area contributed by atoms with E-state index in [1.54, 1.807) is 25.1 Å². The largest absolute Gasteiger partial charge is 0.506 e. The summed E-state index contributed by atoms with van der Waals surface area (Å²) in [5.41, 5.74) is 0.557. The number of ether oxygens (including phenoxy) is 3. The van der Waals surface area contributed by atoms with Crippen molar-refractivity contribution < 1.29 is 28.9 Å². The zero-order chi connectivity index (χ0) is 23.0. The number of rotatable bonds is 9. The number of aliphatic hydroxyl groups excluding tert-OH is 1. The molecule has 168 valence electrons. The lowest BCUT2D eigenvalue weighted by molar-refractivity contribution is -0.138. The lowest BCUT2D eigenvalue weighted by Gasteiger charge is -2.13. The van der Waals surface area contributed by atoms with Crippen LogP contribution in [0.4, 0.5) is 0 Å². The number of carbonyl (C=O) groups is 2. The summed E-state index contributed by atoms with van der Waals surface area (Å²) in [6, 6.07) is 3.56. The molecule has 1 aliphatic heterocycles. The zero-order valence-corrected chi connectivity index (χ0v) is 20.4. The van der Waals surface area contributed by atoms with Crippen LogP contribution in [0.1, 0.15) is 46.1 Å². The summed E-state index contributed by atoms with van der Waals surface area (Å²) < 4.78 is 17.1. The molecule has 0 aliphatic carbocycles. The lowest BCUT2D eigenvalue weighted by Crippen LogP contribution is -2.14. The van der Waals surface area contributed by atoms with Crippen LogP contribution in [0.2, 0.25) is 0 Å². The summed E-state index contributed by atoms with van der Waals surface area (Å²) in [6.07, 6.45) is 2.56. The Morgan fingerprint density at radius 3 is 2.39 bits per heavy atom. The van der Waals surface area contributed by atoms with Gasteiger partial charge < -0.3 is 19.3 Å². The Balaban J connectivity index is 2.55. The first-order chi connectivity index (χ1) is 14.9. The SMILES string of the molecule is CCCC(=O)N=C1S/C(=C\c2cc(Br)c(OCC)cc2OCC)C(O)=C1C(=O)OCC. The van der Waals surface area contributed by atoms with Crippen LogP contribution in [0.15, 0.2) is 37.8 Å². The molecule has 2 rings (SSSR count). The molecule has 1 N–H and O–H groups in total. The first kappa shape index (κ1) is 25.0. The van der Waals surface area contributed by atoms with E-state index in [9.17, 15) is 14.7 Å². The molecular formula is C22H26BrNO6S. The van der Waals surface area contributed by atoms with Crippen molar-refractivity contribution in [3.63, 3.8) is 0 Å². The number of hydrogen-bond donors (Lipinski definition) is 1. The van der Waals surface area contributed by atoms with Crippen LogP contribution < -0.4 is 9.47 Å². The Hall–Kier alpha value is -2.26. The lowest BCUT2D eigenvalue weighted by atomic mass is 10.1. The molecule has 0 aromatic heterocycles. The standard InChI is InChI=1S/C22H26BrNO6S/c1-5-9-18(25)24-21-19(22(27)30-8-4)20(26)17(31-21)11-13-10-14(23)16(29-7-3)12-15(13)28-6-2/h10-12,26H,5-9H2,1-4H3/b17-11-,24-21?. The van der Waals surface area contributed by atoms with Crippen LogP contribution in [-0.2, 0) is 14.3 Å². The molecule has 1 amide bonds. The van der Waals surface area contributed by atoms with Crippen molar-refractivity contribution in [1.29, 1.82) is 0 Å². The Morgan fingerprint density at radius 2 is 1.77 bits per heavy atom. The van der Waals surface area contributed by atoms with Gasteiger partial charge in [-0.2, -0.15) is 0 Å². The van der Waals surface area contributed by atoms with Gasteiger partial charge in [0.15, 0.2) is 0 Å². The number of hydrogen-bond acceptors (Lipinski definition) is 7. The van der Waals surface area contributed by atoms with E-state index in [1.807, 2.05) is 20.8 Å². The fraction of sp³-hybridized carbons (Fsp3) is 0.409. The monoisotopic (exact) mass is 511 g/mol. The van der Waals surface area contributed by atoms with E-state index in [2.05, 4.69) is 20.9 Å². The quantitative estimate of drug-likeness (QED) is 0.441. The summed E-state index contributed by atoms with van der Waals surface area (Å²) in [5.74, 6) is -0.178. The zero-order valence-electron chi connectivity index (χ0n) is 18.0. The maximum absolute atomic E-state index is 12.4.